The summed E-state index contributed by atoms with van der Waals surface area (Å²) in [5, 5.41) is 3.70. The Morgan fingerprint density at radius 2 is 2.10 bits per heavy atom. The molecule has 1 aliphatic heterocycles. The second-order valence-corrected chi connectivity index (χ2v) is 4.44. The number of hydrogen-bond donors (Lipinski definition) is 3. The number of hydrogen-bond acceptors (Lipinski definition) is 5. The van der Waals surface area contributed by atoms with E-state index in [-0.39, 0.29) is 24.5 Å². The van der Waals surface area contributed by atoms with Gasteiger partial charge in [-0.1, -0.05) is 0 Å². The number of hydrazone groups is 1. The first kappa shape index (κ1) is 12.2. The van der Waals surface area contributed by atoms with Crippen molar-refractivity contribution < 1.29 is 9.59 Å². The molecular formula is C12H11N5O3. The quantitative estimate of drug-likeness (QED) is 0.623. The van der Waals surface area contributed by atoms with Gasteiger partial charge in [-0.15, -0.1) is 0 Å². The SMILES string of the molecule is Nc1ccc2[nH]c(=O)n(C(=O)C3=NNC(=O)CC3)c2c1. The van der Waals surface area contributed by atoms with Crippen molar-refractivity contribution in [1.82, 2.24) is 15.0 Å². The van der Waals surface area contributed by atoms with Crippen molar-refractivity contribution in [3.05, 3.63) is 28.7 Å². The molecule has 2 aromatic rings. The van der Waals surface area contributed by atoms with Gasteiger partial charge in [0.25, 0.3) is 5.91 Å². The molecule has 4 N–H and O–H groups in total. The molecule has 0 bridgehead atoms. The Labute approximate surface area is 112 Å². The minimum Gasteiger partial charge on any atom is -0.399 e. The van der Waals surface area contributed by atoms with Crippen LogP contribution in [0.25, 0.3) is 11.0 Å². The number of H-pyrrole nitrogens is 1. The zero-order valence-corrected chi connectivity index (χ0v) is 10.3. The van der Waals surface area contributed by atoms with Crippen molar-refractivity contribution in [2.75, 3.05) is 5.73 Å². The molecule has 8 heteroatoms. The fourth-order valence-electron chi connectivity index (χ4n) is 2.08. The molecule has 1 aromatic carbocycles. The summed E-state index contributed by atoms with van der Waals surface area (Å²) in [5.74, 6) is -0.816. The number of imidazole rings is 1. The normalized spacial score (nSPS) is 15.0. The summed E-state index contributed by atoms with van der Waals surface area (Å²) in [5.41, 5.74) is 8.82. The third-order valence-electron chi connectivity index (χ3n) is 3.06. The first-order valence-electron chi connectivity index (χ1n) is 5.96. The van der Waals surface area contributed by atoms with Gasteiger partial charge >= 0.3 is 5.69 Å². The van der Waals surface area contributed by atoms with Crippen LogP contribution in [0.1, 0.15) is 17.6 Å². The van der Waals surface area contributed by atoms with Crippen LogP contribution in [0.4, 0.5) is 5.69 Å². The maximum Gasteiger partial charge on any atom is 0.333 e. The zero-order valence-electron chi connectivity index (χ0n) is 10.3. The summed E-state index contributed by atoms with van der Waals surface area (Å²) < 4.78 is 0.974. The van der Waals surface area contributed by atoms with E-state index in [0.717, 1.165) is 4.57 Å². The van der Waals surface area contributed by atoms with Crippen molar-refractivity contribution in [3.8, 4) is 0 Å². The van der Waals surface area contributed by atoms with Gasteiger partial charge in [0.15, 0.2) is 0 Å². The van der Waals surface area contributed by atoms with E-state index in [1.165, 1.54) is 6.07 Å². The van der Waals surface area contributed by atoms with Crippen LogP contribution in [0.5, 0.6) is 0 Å². The van der Waals surface area contributed by atoms with E-state index >= 15 is 0 Å². The summed E-state index contributed by atoms with van der Waals surface area (Å²) >= 11 is 0. The number of carbonyl (C=O) groups is 2. The number of rotatable bonds is 1. The number of fused-ring (bicyclic) bond motifs is 1. The van der Waals surface area contributed by atoms with E-state index in [9.17, 15) is 14.4 Å². The monoisotopic (exact) mass is 273 g/mol. The van der Waals surface area contributed by atoms with E-state index in [0.29, 0.717) is 16.7 Å². The molecule has 20 heavy (non-hydrogen) atoms. The molecule has 0 saturated heterocycles. The number of carbonyl (C=O) groups excluding carboxylic acids is 2. The molecule has 1 amide bonds. The molecular weight excluding hydrogens is 262 g/mol. The van der Waals surface area contributed by atoms with Crippen molar-refractivity contribution >= 4 is 34.2 Å². The number of amides is 1. The third-order valence-corrected chi connectivity index (χ3v) is 3.06. The van der Waals surface area contributed by atoms with Gasteiger partial charge in [0.2, 0.25) is 5.91 Å². The summed E-state index contributed by atoms with van der Waals surface area (Å²) in [6.07, 6.45) is 0.371. The topological polar surface area (TPSA) is 122 Å². The highest BCUT2D eigenvalue weighted by molar-refractivity contribution is 6.41. The Hall–Kier alpha value is -2.90. The number of nitrogens with zero attached hydrogens (tertiary/aromatic N) is 2. The third kappa shape index (κ3) is 1.87. The summed E-state index contributed by atoms with van der Waals surface area (Å²) in [6.45, 7) is 0. The molecule has 0 fully saturated rings. The Morgan fingerprint density at radius 3 is 2.80 bits per heavy atom. The molecule has 0 unspecified atom stereocenters. The lowest BCUT2D eigenvalue weighted by Crippen LogP contribution is -2.35. The minimum atomic E-state index is -0.563. The van der Waals surface area contributed by atoms with Gasteiger partial charge in [0.1, 0.15) is 5.71 Å². The highest BCUT2D eigenvalue weighted by atomic mass is 16.2. The van der Waals surface area contributed by atoms with Crippen LogP contribution in [0.3, 0.4) is 0 Å². The fraction of sp³-hybridized carbons (Fsp3) is 0.167. The zero-order chi connectivity index (χ0) is 14.3. The maximum atomic E-state index is 12.3. The van der Waals surface area contributed by atoms with Crippen LogP contribution in [0, 0.1) is 0 Å². The largest absolute Gasteiger partial charge is 0.399 e. The summed E-state index contributed by atoms with van der Waals surface area (Å²) in [7, 11) is 0. The van der Waals surface area contributed by atoms with Crippen LogP contribution in [-0.2, 0) is 4.79 Å². The first-order chi connectivity index (χ1) is 9.56. The molecule has 0 atom stereocenters. The Kier molecular flexibility index (Phi) is 2.63. The van der Waals surface area contributed by atoms with E-state index in [2.05, 4.69) is 15.5 Å². The lowest BCUT2D eigenvalue weighted by Gasteiger charge is -2.11. The fourth-order valence-corrected chi connectivity index (χ4v) is 2.08. The molecule has 0 radical (unpaired) electrons. The molecule has 0 saturated carbocycles. The van der Waals surface area contributed by atoms with Gasteiger partial charge in [-0.3, -0.25) is 9.59 Å². The van der Waals surface area contributed by atoms with E-state index in [1.54, 1.807) is 12.1 Å². The predicted molar refractivity (Wildman–Crippen MR) is 72.4 cm³/mol. The minimum absolute atomic E-state index is 0.134. The average molecular weight is 273 g/mol. The highest BCUT2D eigenvalue weighted by Gasteiger charge is 2.23. The Balaban J connectivity index is 2.12. The van der Waals surface area contributed by atoms with Crippen LogP contribution in [0.15, 0.2) is 28.1 Å². The first-order valence-corrected chi connectivity index (χ1v) is 5.96. The number of aromatic amines is 1. The number of nitrogens with two attached hydrogens (primary N) is 1. The standard InChI is InChI=1S/C12H11N5O3/c13-6-1-2-7-9(5-6)17(12(20)14-7)11(19)8-3-4-10(18)16-15-8/h1-2,5H,3-4,13H2,(H,14,20)(H,16,18). The van der Waals surface area contributed by atoms with E-state index in [4.69, 9.17) is 5.73 Å². The van der Waals surface area contributed by atoms with Gasteiger partial charge in [0.05, 0.1) is 11.0 Å². The molecule has 1 aliphatic rings. The average Bonchev–Trinajstić information content (AvgIpc) is 2.74. The maximum absolute atomic E-state index is 12.3. The van der Waals surface area contributed by atoms with Crippen LogP contribution in [-0.4, -0.2) is 27.1 Å². The number of benzene rings is 1. The van der Waals surface area contributed by atoms with E-state index in [1.807, 2.05) is 0 Å². The molecule has 0 spiro atoms. The second kappa shape index (κ2) is 4.34. The van der Waals surface area contributed by atoms with Crippen LogP contribution < -0.4 is 16.8 Å². The number of aromatic nitrogens is 2. The summed E-state index contributed by atoms with van der Waals surface area (Å²) in [4.78, 5) is 37.8. The molecule has 2 heterocycles. The Bertz CT molecular complexity index is 814. The van der Waals surface area contributed by atoms with Crippen LogP contribution in [0.2, 0.25) is 0 Å². The molecule has 8 nitrogen and oxygen atoms in total. The molecule has 1 aromatic heterocycles. The van der Waals surface area contributed by atoms with Crippen molar-refractivity contribution in [3.63, 3.8) is 0 Å². The molecule has 102 valence electrons. The van der Waals surface area contributed by atoms with Crippen LogP contribution >= 0.6 is 0 Å². The lowest BCUT2D eigenvalue weighted by atomic mass is 10.1. The van der Waals surface area contributed by atoms with Gasteiger partial charge in [-0.05, 0) is 18.2 Å². The van der Waals surface area contributed by atoms with Gasteiger partial charge in [0, 0.05) is 18.5 Å². The summed E-state index contributed by atoms with van der Waals surface area (Å²) in [6, 6.07) is 4.79. The second-order valence-electron chi connectivity index (χ2n) is 4.44. The van der Waals surface area contributed by atoms with E-state index < -0.39 is 11.6 Å². The van der Waals surface area contributed by atoms with Gasteiger partial charge in [-0.2, -0.15) is 5.10 Å². The highest BCUT2D eigenvalue weighted by Crippen LogP contribution is 2.15. The van der Waals surface area contributed by atoms with Crippen molar-refractivity contribution in [2.45, 2.75) is 12.8 Å². The van der Waals surface area contributed by atoms with Gasteiger partial charge < -0.3 is 10.7 Å². The Morgan fingerprint density at radius 1 is 1.30 bits per heavy atom. The smallest absolute Gasteiger partial charge is 0.333 e. The molecule has 3 rings (SSSR count). The number of nitrogens with one attached hydrogen (secondary N) is 2. The number of anilines is 1. The van der Waals surface area contributed by atoms with Crippen molar-refractivity contribution in [2.24, 2.45) is 5.10 Å². The lowest BCUT2D eigenvalue weighted by molar-refractivity contribution is -0.121. The molecule has 0 aliphatic carbocycles. The number of nitrogen functional groups attached to an aromatic ring is 1. The van der Waals surface area contributed by atoms with Crippen molar-refractivity contribution in [1.29, 1.82) is 0 Å². The van der Waals surface area contributed by atoms with Gasteiger partial charge in [-0.25, -0.2) is 14.8 Å². The predicted octanol–water partition coefficient (Wildman–Crippen LogP) is -0.182.